The van der Waals surface area contributed by atoms with Gasteiger partial charge in [-0.15, -0.1) is 11.3 Å². The first-order chi connectivity index (χ1) is 8.27. The van der Waals surface area contributed by atoms with E-state index >= 15 is 0 Å². The van der Waals surface area contributed by atoms with Crippen molar-refractivity contribution in [2.75, 3.05) is 26.2 Å². The Labute approximate surface area is 105 Å². The van der Waals surface area contributed by atoms with Crippen LogP contribution in [-0.2, 0) is 4.79 Å². The molecule has 1 amide bonds. The van der Waals surface area contributed by atoms with Crippen molar-refractivity contribution in [3.63, 3.8) is 0 Å². The number of likely N-dealkylation sites (tertiary alicyclic amines) is 1. The van der Waals surface area contributed by atoms with E-state index in [2.05, 4.69) is 5.32 Å². The van der Waals surface area contributed by atoms with Crippen LogP contribution in [0.1, 0.15) is 23.8 Å². The van der Waals surface area contributed by atoms with E-state index in [1.165, 1.54) is 11.3 Å². The van der Waals surface area contributed by atoms with Crippen LogP contribution in [0, 0.1) is 0 Å². The van der Waals surface area contributed by atoms with Crippen molar-refractivity contribution >= 4 is 17.2 Å². The first kappa shape index (κ1) is 12.5. The summed E-state index contributed by atoms with van der Waals surface area (Å²) < 4.78 is 0. The van der Waals surface area contributed by atoms with Crippen LogP contribution in [0.15, 0.2) is 17.5 Å². The van der Waals surface area contributed by atoms with Crippen molar-refractivity contribution in [2.24, 2.45) is 0 Å². The monoisotopic (exact) mass is 254 g/mol. The lowest BCUT2D eigenvalue weighted by molar-refractivity contribution is -0.129. The number of nitrogens with one attached hydrogen (secondary N) is 1. The molecule has 2 N–H and O–H groups in total. The summed E-state index contributed by atoms with van der Waals surface area (Å²) in [5.41, 5.74) is 0. The van der Waals surface area contributed by atoms with Crippen LogP contribution < -0.4 is 5.32 Å². The number of rotatable bonds is 5. The zero-order valence-electron chi connectivity index (χ0n) is 9.76. The molecule has 2 rings (SSSR count). The largest absolute Gasteiger partial charge is 0.386 e. The van der Waals surface area contributed by atoms with Gasteiger partial charge < -0.3 is 15.3 Å². The number of hydrogen-bond donors (Lipinski definition) is 2. The minimum Gasteiger partial charge on any atom is -0.386 e. The van der Waals surface area contributed by atoms with E-state index in [0.29, 0.717) is 13.1 Å². The Bertz CT molecular complexity index is 347. The van der Waals surface area contributed by atoms with Gasteiger partial charge in [0.2, 0.25) is 5.91 Å². The Hall–Kier alpha value is -0.910. The van der Waals surface area contributed by atoms with Gasteiger partial charge in [-0.25, -0.2) is 0 Å². The molecule has 1 saturated heterocycles. The van der Waals surface area contributed by atoms with Crippen molar-refractivity contribution in [2.45, 2.75) is 18.9 Å². The SMILES string of the molecule is O=C(CNCC(O)c1cccs1)N1CCCC1. The topological polar surface area (TPSA) is 52.6 Å². The number of carbonyl (C=O) groups excluding carboxylic acids is 1. The van der Waals surface area contributed by atoms with Gasteiger partial charge >= 0.3 is 0 Å². The van der Waals surface area contributed by atoms with Gasteiger partial charge in [-0.1, -0.05) is 6.07 Å². The van der Waals surface area contributed by atoms with Crippen molar-refractivity contribution in [1.82, 2.24) is 10.2 Å². The average molecular weight is 254 g/mol. The average Bonchev–Trinajstić information content (AvgIpc) is 3.02. The number of nitrogens with zero attached hydrogens (tertiary/aromatic N) is 1. The smallest absolute Gasteiger partial charge is 0.236 e. The Morgan fingerprint density at radius 2 is 2.29 bits per heavy atom. The zero-order chi connectivity index (χ0) is 12.1. The summed E-state index contributed by atoms with van der Waals surface area (Å²) in [6.07, 6.45) is 1.72. The van der Waals surface area contributed by atoms with Crippen LogP contribution in [0.5, 0.6) is 0 Å². The lowest BCUT2D eigenvalue weighted by atomic mass is 10.3. The van der Waals surface area contributed by atoms with E-state index in [-0.39, 0.29) is 5.91 Å². The molecule has 0 saturated carbocycles. The van der Waals surface area contributed by atoms with Crippen LogP contribution in [0.25, 0.3) is 0 Å². The van der Waals surface area contributed by atoms with Gasteiger partial charge in [0.15, 0.2) is 0 Å². The molecule has 1 aromatic rings. The summed E-state index contributed by atoms with van der Waals surface area (Å²) in [5.74, 6) is 0.140. The van der Waals surface area contributed by atoms with Crippen LogP contribution in [0.2, 0.25) is 0 Å². The summed E-state index contributed by atoms with van der Waals surface area (Å²) in [5, 5.41) is 14.8. The minimum atomic E-state index is -0.513. The summed E-state index contributed by atoms with van der Waals surface area (Å²) in [6.45, 7) is 2.52. The highest BCUT2D eigenvalue weighted by molar-refractivity contribution is 7.10. The third-order valence-electron chi connectivity index (χ3n) is 2.94. The molecule has 1 aliphatic heterocycles. The molecule has 2 heterocycles. The second kappa shape index (κ2) is 6.14. The second-order valence-electron chi connectivity index (χ2n) is 4.25. The van der Waals surface area contributed by atoms with Gasteiger partial charge in [-0.2, -0.15) is 0 Å². The standard InChI is InChI=1S/C12H18N2O2S/c15-10(11-4-3-7-17-11)8-13-9-12(16)14-5-1-2-6-14/h3-4,7,10,13,15H,1-2,5-6,8-9H2. The Morgan fingerprint density at radius 3 is 2.94 bits per heavy atom. The number of carbonyl (C=O) groups is 1. The van der Waals surface area contributed by atoms with E-state index < -0.39 is 6.10 Å². The van der Waals surface area contributed by atoms with Crippen molar-refractivity contribution < 1.29 is 9.90 Å². The van der Waals surface area contributed by atoms with E-state index in [1.54, 1.807) is 0 Å². The van der Waals surface area contributed by atoms with Gasteiger partial charge in [0.05, 0.1) is 6.54 Å². The van der Waals surface area contributed by atoms with E-state index in [4.69, 9.17) is 0 Å². The van der Waals surface area contributed by atoms with Gasteiger partial charge in [-0.3, -0.25) is 4.79 Å². The molecule has 1 aromatic heterocycles. The van der Waals surface area contributed by atoms with Crippen molar-refractivity contribution in [3.05, 3.63) is 22.4 Å². The number of aliphatic hydroxyl groups excluding tert-OH is 1. The third-order valence-corrected chi connectivity index (χ3v) is 3.92. The number of hydrogen-bond acceptors (Lipinski definition) is 4. The summed E-state index contributed by atoms with van der Waals surface area (Å²) in [6, 6.07) is 3.82. The van der Waals surface area contributed by atoms with Crippen LogP contribution >= 0.6 is 11.3 Å². The fraction of sp³-hybridized carbons (Fsp3) is 0.583. The molecule has 5 heteroatoms. The molecule has 0 aliphatic carbocycles. The molecule has 1 atom stereocenters. The Morgan fingerprint density at radius 1 is 1.53 bits per heavy atom. The zero-order valence-corrected chi connectivity index (χ0v) is 10.6. The molecule has 1 unspecified atom stereocenters. The molecule has 94 valence electrons. The van der Waals surface area contributed by atoms with Crippen molar-refractivity contribution in [3.8, 4) is 0 Å². The highest BCUT2D eigenvalue weighted by Gasteiger charge is 2.17. The highest BCUT2D eigenvalue weighted by atomic mass is 32.1. The lowest BCUT2D eigenvalue weighted by Crippen LogP contribution is -2.37. The quantitative estimate of drug-likeness (QED) is 0.824. The van der Waals surface area contributed by atoms with Gasteiger partial charge in [0.1, 0.15) is 6.10 Å². The minimum absolute atomic E-state index is 0.140. The van der Waals surface area contributed by atoms with Gasteiger partial charge in [0.25, 0.3) is 0 Å². The Balaban J connectivity index is 1.67. The predicted molar refractivity (Wildman–Crippen MR) is 68.0 cm³/mol. The summed E-state index contributed by atoms with van der Waals surface area (Å²) in [4.78, 5) is 14.5. The highest BCUT2D eigenvalue weighted by Crippen LogP contribution is 2.17. The molecule has 1 fully saturated rings. The second-order valence-corrected chi connectivity index (χ2v) is 5.23. The van der Waals surface area contributed by atoms with E-state index in [9.17, 15) is 9.90 Å². The summed E-state index contributed by atoms with van der Waals surface area (Å²) in [7, 11) is 0. The Kier molecular flexibility index (Phi) is 4.53. The van der Waals surface area contributed by atoms with Crippen LogP contribution in [0.4, 0.5) is 0 Å². The number of aliphatic hydroxyl groups is 1. The fourth-order valence-corrected chi connectivity index (χ4v) is 2.69. The normalized spacial score (nSPS) is 17.4. The summed E-state index contributed by atoms with van der Waals surface area (Å²) >= 11 is 1.53. The number of amides is 1. The maximum atomic E-state index is 11.7. The lowest BCUT2D eigenvalue weighted by Gasteiger charge is -2.16. The third kappa shape index (κ3) is 3.52. The number of thiophene rings is 1. The van der Waals surface area contributed by atoms with Gasteiger partial charge in [-0.05, 0) is 24.3 Å². The first-order valence-electron chi connectivity index (χ1n) is 5.97. The first-order valence-corrected chi connectivity index (χ1v) is 6.85. The molecular weight excluding hydrogens is 236 g/mol. The fourth-order valence-electron chi connectivity index (χ4n) is 1.98. The van der Waals surface area contributed by atoms with Crippen LogP contribution in [0.3, 0.4) is 0 Å². The molecule has 0 spiro atoms. The van der Waals surface area contributed by atoms with Crippen molar-refractivity contribution in [1.29, 1.82) is 0 Å². The molecular formula is C12H18N2O2S. The maximum absolute atomic E-state index is 11.7. The molecule has 0 radical (unpaired) electrons. The van der Waals surface area contributed by atoms with E-state index in [0.717, 1.165) is 30.8 Å². The molecule has 0 aromatic carbocycles. The maximum Gasteiger partial charge on any atom is 0.236 e. The molecule has 17 heavy (non-hydrogen) atoms. The molecule has 0 bridgehead atoms. The molecule has 4 nitrogen and oxygen atoms in total. The van der Waals surface area contributed by atoms with Crippen LogP contribution in [-0.4, -0.2) is 42.1 Å². The molecule has 1 aliphatic rings. The van der Waals surface area contributed by atoms with Gasteiger partial charge in [0, 0.05) is 24.5 Å². The van der Waals surface area contributed by atoms with E-state index in [1.807, 2.05) is 22.4 Å². The predicted octanol–water partition coefficient (Wildman–Crippen LogP) is 0.994.